The van der Waals surface area contributed by atoms with Crippen LogP contribution in [0, 0.1) is 6.57 Å². The van der Waals surface area contributed by atoms with E-state index in [9.17, 15) is 9.59 Å². The van der Waals surface area contributed by atoms with E-state index in [0.717, 1.165) is 35.6 Å². The number of hydrogen-bond acceptors (Lipinski definition) is 6. The maximum Gasteiger partial charge on any atom is 0.253 e. The first-order valence-corrected chi connectivity index (χ1v) is 13.2. The molecule has 198 valence electrons. The third-order valence-electron chi connectivity index (χ3n) is 7.03. The third-order valence-corrected chi connectivity index (χ3v) is 7.26. The average molecular weight is 550 g/mol. The highest BCUT2D eigenvalue weighted by Crippen LogP contribution is 2.35. The van der Waals surface area contributed by atoms with Crippen molar-refractivity contribution in [2.24, 2.45) is 0 Å². The van der Waals surface area contributed by atoms with Gasteiger partial charge in [-0.25, -0.2) is 14.8 Å². The number of aromatic nitrogens is 2. The fourth-order valence-electron chi connectivity index (χ4n) is 4.94. The molecule has 0 radical (unpaired) electrons. The number of nitrogens with zero attached hydrogens (tertiary/aromatic N) is 5. The molecule has 4 aromatic rings. The zero-order valence-electron chi connectivity index (χ0n) is 21.4. The van der Waals surface area contributed by atoms with Crippen LogP contribution in [0.4, 0.5) is 28.7 Å². The van der Waals surface area contributed by atoms with Crippen LogP contribution in [0.5, 0.6) is 0 Å². The average Bonchev–Trinajstić information content (AvgIpc) is 3.12. The minimum absolute atomic E-state index is 0.0109. The Labute approximate surface area is 236 Å². The van der Waals surface area contributed by atoms with Crippen molar-refractivity contribution in [3.8, 4) is 11.3 Å². The Morgan fingerprint density at radius 1 is 1.00 bits per heavy atom. The van der Waals surface area contributed by atoms with E-state index in [1.54, 1.807) is 30.5 Å². The Hall–Kier alpha value is -4.94. The standard InChI is InChI=1S/C30H24ClN7O2/c1-32-22-7-9-24(10-8-22)37-12-14-38(15-13-37)29(40)19-2-5-23(6-3-19)34-30-33-18-20-16-27(39)35-26-17-21(31)4-11-25(26)28(20)36-30/h2-11,17-18H,12-16H2,(H,35,39)(H,33,34,36). The molecule has 2 N–H and O–H groups in total. The van der Waals surface area contributed by atoms with E-state index in [-0.39, 0.29) is 18.2 Å². The molecule has 0 aliphatic carbocycles. The van der Waals surface area contributed by atoms with Crippen LogP contribution in [0.25, 0.3) is 16.1 Å². The second-order valence-electron chi connectivity index (χ2n) is 9.59. The van der Waals surface area contributed by atoms with Crippen LogP contribution >= 0.6 is 11.6 Å². The highest BCUT2D eigenvalue weighted by Gasteiger charge is 2.23. The van der Waals surface area contributed by atoms with Crippen molar-refractivity contribution in [1.82, 2.24) is 14.9 Å². The van der Waals surface area contributed by atoms with E-state index in [1.807, 2.05) is 47.4 Å². The highest BCUT2D eigenvalue weighted by atomic mass is 35.5. The van der Waals surface area contributed by atoms with Crippen molar-refractivity contribution >= 4 is 52.1 Å². The van der Waals surface area contributed by atoms with Crippen molar-refractivity contribution in [3.63, 3.8) is 0 Å². The van der Waals surface area contributed by atoms with Crippen molar-refractivity contribution in [2.45, 2.75) is 6.42 Å². The maximum absolute atomic E-state index is 13.1. The van der Waals surface area contributed by atoms with Gasteiger partial charge in [-0.05, 0) is 54.6 Å². The molecule has 0 unspecified atom stereocenters. The summed E-state index contributed by atoms with van der Waals surface area (Å²) in [5.41, 5.74) is 5.81. The lowest BCUT2D eigenvalue weighted by molar-refractivity contribution is -0.115. The summed E-state index contributed by atoms with van der Waals surface area (Å²) in [5, 5.41) is 6.61. The number of piperazine rings is 1. The lowest BCUT2D eigenvalue weighted by atomic mass is 10.1. The van der Waals surface area contributed by atoms with Crippen molar-refractivity contribution in [2.75, 3.05) is 41.7 Å². The Balaban J connectivity index is 1.12. The normalized spacial score (nSPS) is 14.3. The predicted molar refractivity (Wildman–Crippen MR) is 155 cm³/mol. The zero-order valence-corrected chi connectivity index (χ0v) is 22.2. The number of hydrogen-bond donors (Lipinski definition) is 2. The van der Waals surface area contributed by atoms with Crippen LogP contribution in [0.15, 0.2) is 72.9 Å². The molecular formula is C30H24ClN7O2. The van der Waals surface area contributed by atoms with Crippen molar-refractivity contribution < 1.29 is 9.59 Å². The third kappa shape index (κ3) is 5.17. The lowest BCUT2D eigenvalue weighted by Crippen LogP contribution is -2.48. The Morgan fingerprint density at radius 3 is 2.48 bits per heavy atom. The van der Waals surface area contributed by atoms with Crippen molar-refractivity contribution in [3.05, 3.63) is 100 Å². The second-order valence-corrected chi connectivity index (χ2v) is 10.0. The van der Waals surface area contributed by atoms with Gasteiger partial charge in [0.1, 0.15) is 0 Å². The molecule has 2 aliphatic rings. The molecule has 0 saturated carbocycles. The predicted octanol–water partition coefficient (Wildman–Crippen LogP) is 5.55. The molecule has 0 atom stereocenters. The second kappa shape index (κ2) is 10.7. The Kier molecular flexibility index (Phi) is 6.76. The molecule has 1 aromatic heterocycles. The van der Waals surface area contributed by atoms with Crippen LogP contribution in [-0.2, 0) is 11.2 Å². The molecule has 10 heteroatoms. The first kappa shape index (κ1) is 25.3. The first-order valence-electron chi connectivity index (χ1n) is 12.8. The van der Waals surface area contributed by atoms with Gasteiger partial charge in [0.25, 0.3) is 5.91 Å². The molecule has 40 heavy (non-hydrogen) atoms. The number of carbonyl (C=O) groups excluding carboxylic acids is 2. The molecule has 0 spiro atoms. The fourth-order valence-corrected chi connectivity index (χ4v) is 5.11. The van der Waals surface area contributed by atoms with Crippen LogP contribution < -0.4 is 15.5 Å². The quantitative estimate of drug-likeness (QED) is 0.324. The van der Waals surface area contributed by atoms with Crippen molar-refractivity contribution in [1.29, 1.82) is 0 Å². The highest BCUT2D eigenvalue weighted by molar-refractivity contribution is 6.31. The Morgan fingerprint density at radius 2 is 1.75 bits per heavy atom. The molecule has 3 aromatic carbocycles. The molecule has 9 nitrogen and oxygen atoms in total. The van der Waals surface area contributed by atoms with Crippen LogP contribution in [0.2, 0.25) is 5.02 Å². The van der Waals surface area contributed by atoms with E-state index in [4.69, 9.17) is 23.2 Å². The topological polar surface area (TPSA) is 94.8 Å². The lowest BCUT2D eigenvalue weighted by Gasteiger charge is -2.36. The van der Waals surface area contributed by atoms with Crippen LogP contribution in [0.1, 0.15) is 15.9 Å². The van der Waals surface area contributed by atoms with Gasteiger partial charge in [0.2, 0.25) is 11.9 Å². The largest absolute Gasteiger partial charge is 0.368 e. The SMILES string of the molecule is [C-]#[N+]c1ccc(N2CCN(C(=O)c3ccc(Nc4ncc5c(n4)-c4ccc(Cl)cc4NC(=O)C5)cc3)CC2)cc1. The van der Waals surface area contributed by atoms with Crippen LogP contribution in [0.3, 0.4) is 0 Å². The summed E-state index contributed by atoms with van der Waals surface area (Å²) in [6.07, 6.45) is 1.83. The number of anilines is 4. The van der Waals surface area contributed by atoms with Gasteiger partial charge in [-0.2, -0.15) is 0 Å². The number of amides is 2. The Bertz CT molecular complexity index is 1640. The zero-order chi connectivity index (χ0) is 27.6. The van der Waals surface area contributed by atoms with Gasteiger partial charge < -0.3 is 20.4 Å². The molecule has 2 amide bonds. The summed E-state index contributed by atoms with van der Waals surface area (Å²) in [7, 11) is 0. The van der Waals surface area contributed by atoms with Gasteiger partial charge in [-0.15, -0.1) is 0 Å². The van der Waals surface area contributed by atoms with Gasteiger partial charge in [-0.3, -0.25) is 9.59 Å². The van der Waals surface area contributed by atoms with Gasteiger partial charge in [0, 0.05) is 65.5 Å². The minimum Gasteiger partial charge on any atom is -0.368 e. The smallest absolute Gasteiger partial charge is 0.253 e. The number of nitrogens with one attached hydrogen (secondary N) is 2. The molecular weight excluding hydrogens is 526 g/mol. The van der Waals surface area contributed by atoms with Crippen LogP contribution in [-0.4, -0.2) is 52.9 Å². The minimum atomic E-state index is -0.150. The molecule has 0 bridgehead atoms. The number of carbonyl (C=O) groups is 2. The number of rotatable bonds is 4. The molecule has 1 saturated heterocycles. The summed E-state index contributed by atoms with van der Waals surface area (Å²) < 4.78 is 0. The fraction of sp³-hybridized carbons (Fsp3) is 0.167. The molecule has 2 aliphatic heterocycles. The molecule has 6 rings (SSSR count). The van der Waals surface area contributed by atoms with Gasteiger partial charge in [-0.1, -0.05) is 23.7 Å². The summed E-state index contributed by atoms with van der Waals surface area (Å²) in [4.78, 5) is 42.1. The van der Waals surface area contributed by atoms with E-state index in [2.05, 4.69) is 25.4 Å². The number of benzene rings is 3. The molecule has 3 heterocycles. The summed E-state index contributed by atoms with van der Waals surface area (Å²) in [6, 6.07) is 20.1. The number of fused-ring (bicyclic) bond motifs is 3. The van der Waals surface area contributed by atoms with E-state index >= 15 is 0 Å². The van der Waals surface area contributed by atoms with Gasteiger partial charge in [0.05, 0.1) is 24.4 Å². The molecule has 1 fully saturated rings. The summed E-state index contributed by atoms with van der Waals surface area (Å²) in [6.45, 7) is 9.81. The summed E-state index contributed by atoms with van der Waals surface area (Å²) in [5.74, 6) is 0.223. The van der Waals surface area contributed by atoms with E-state index in [0.29, 0.717) is 46.7 Å². The monoisotopic (exact) mass is 549 g/mol. The maximum atomic E-state index is 13.1. The van der Waals surface area contributed by atoms with E-state index in [1.165, 1.54) is 0 Å². The van der Waals surface area contributed by atoms with E-state index < -0.39 is 0 Å². The van der Waals surface area contributed by atoms with Gasteiger partial charge in [0.15, 0.2) is 5.69 Å². The number of halogens is 1. The summed E-state index contributed by atoms with van der Waals surface area (Å²) >= 11 is 6.14. The van der Waals surface area contributed by atoms with Gasteiger partial charge >= 0.3 is 0 Å². The first-order chi connectivity index (χ1) is 19.5.